The number of rotatable bonds is 5. The number of hydrogen-bond acceptors (Lipinski definition) is 2. The molecule has 0 atom stereocenters. The first-order valence-electron chi connectivity index (χ1n) is 5.08. The minimum Gasteiger partial charge on any atom is -0.492 e. The Bertz CT molecular complexity index is 437. The van der Waals surface area contributed by atoms with Crippen LogP contribution >= 0.6 is 23.8 Å². The lowest BCUT2D eigenvalue weighted by Crippen LogP contribution is -2.10. The average Bonchev–Trinajstić information content (AvgIpc) is 2.24. The fraction of sp³-hybridized carbons (Fsp3) is 0.364. The van der Waals surface area contributed by atoms with Gasteiger partial charge in [0.25, 0.3) is 0 Å². The third kappa shape index (κ3) is 5.10. The van der Waals surface area contributed by atoms with Gasteiger partial charge in [0, 0.05) is 12.0 Å². The molecule has 0 amide bonds. The number of nitrogens with two attached hydrogens (primary N) is 1. The summed E-state index contributed by atoms with van der Waals surface area (Å²) in [7, 11) is 0. The van der Waals surface area contributed by atoms with Gasteiger partial charge in [-0.05, 0) is 24.6 Å². The van der Waals surface area contributed by atoms with Gasteiger partial charge in [0.1, 0.15) is 10.7 Å². The smallest absolute Gasteiger partial charge is 0.389 e. The minimum atomic E-state index is -4.16. The van der Waals surface area contributed by atoms with Gasteiger partial charge in [-0.2, -0.15) is 13.2 Å². The van der Waals surface area contributed by atoms with Crippen LogP contribution in [0, 0.1) is 0 Å². The maximum atomic E-state index is 11.9. The Morgan fingerprint density at radius 1 is 1.39 bits per heavy atom. The van der Waals surface area contributed by atoms with Gasteiger partial charge >= 0.3 is 6.18 Å². The lowest BCUT2D eigenvalue weighted by Gasteiger charge is -2.10. The molecule has 0 aliphatic rings. The van der Waals surface area contributed by atoms with Crippen molar-refractivity contribution in [2.24, 2.45) is 5.73 Å². The SMILES string of the molecule is NC(=S)c1ccc(OCCCC(F)(F)F)c(Cl)c1. The van der Waals surface area contributed by atoms with Crippen molar-refractivity contribution in [2.45, 2.75) is 19.0 Å². The van der Waals surface area contributed by atoms with Crippen LogP contribution in [0.1, 0.15) is 18.4 Å². The van der Waals surface area contributed by atoms with Crippen molar-refractivity contribution in [2.75, 3.05) is 6.61 Å². The Morgan fingerprint density at radius 3 is 2.56 bits per heavy atom. The molecule has 0 spiro atoms. The molecular formula is C11H11ClF3NOS. The van der Waals surface area contributed by atoms with Crippen LogP contribution in [0.2, 0.25) is 5.02 Å². The molecule has 0 fully saturated rings. The van der Waals surface area contributed by atoms with Crippen LogP contribution in [0.4, 0.5) is 13.2 Å². The van der Waals surface area contributed by atoms with E-state index in [0.29, 0.717) is 11.3 Å². The van der Waals surface area contributed by atoms with Gasteiger partial charge in [-0.3, -0.25) is 0 Å². The van der Waals surface area contributed by atoms with Crippen LogP contribution in [-0.2, 0) is 0 Å². The van der Waals surface area contributed by atoms with Gasteiger partial charge in [-0.15, -0.1) is 0 Å². The molecule has 0 aromatic heterocycles. The molecule has 0 saturated heterocycles. The molecule has 0 saturated carbocycles. The highest BCUT2D eigenvalue weighted by molar-refractivity contribution is 7.80. The number of thiocarbonyl (C=S) groups is 1. The minimum absolute atomic E-state index is 0.0500. The zero-order valence-electron chi connectivity index (χ0n) is 9.26. The first-order chi connectivity index (χ1) is 8.29. The summed E-state index contributed by atoms with van der Waals surface area (Å²) in [6, 6.07) is 4.65. The molecule has 7 heteroatoms. The quantitative estimate of drug-likeness (QED) is 0.665. The second-order valence-corrected chi connectivity index (χ2v) is 4.42. The number of hydrogen-bond donors (Lipinski definition) is 1. The largest absolute Gasteiger partial charge is 0.492 e. The summed E-state index contributed by atoms with van der Waals surface area (Å²) in [5, 5.41) is 0.271. The third-order valence-corrected chi connectivity index (χ3v) is 2.61. The van der Waals surface area contributed by atoms with Crippen molar-refractivity contribution in [3.8, 4) is 5.75 Å². The predicted molar refractivity (Wildman–Crippen MR) is 68.1 cm³/mol. The summed E-state index contributed by atoms with van der Waals surface area (Å²) in [4.78, 5) is 0.195. The predicted octanol–water partition coefficient (Wildman–Crippen LogP) is 3.70. The summed E-state index contributed by atoms with van der Waals surface area (Å²) in [5.41, 5.74) is 5.99. The topological polar surface area (TPSA) is 35.2 Å². The highest BCUT2D eigenvalue weighted by atomic mass is 35.5. The summed E-state index contributed by atoms with van der Waals surface area (Å²) in [6.45, 7) is -0.0500. The first kappa shape index (κ1) is 15.0. The fourth-order valence-corrected chi connectivity index (χ4v) is 1.59. The van der Waals surface area contributed by atoms with Crippen molar-refractivity contribution < 1.29 is 17.9 Å². The summed E-state index contributed by atoms with van der Waals surface area (Å²) in [5.74, 6) is 0.318. The maximum Gasteiger partial charge on any atom is 0.389 e. The van der Waals surface area contributed by atoms with Gasteiger partial charge in [0.05, 0.1) is 11.6 Å². The molecule has 0 aliphatic heterocycles. The Kier molecular flexibility index (Phi) is 5.22. The van der Waals surface area contributed by atoms with E-state index >= 15 is 0 Å². The van der Waals surface area contributed by atoms with E-state index in [2.05, 4.69) is 0 Å². The first-order valence-corrected chi connectivity index (χ1v) is 5.87. The normalized spacial score (nSPS) is 11.3. The lowest BCUT2D eigenvalue weighted by molar-refractivity contribution is -0.136. The summed E-state index contributed by atoms with van der Waals surface area (Å²) < 4.78 is 40.8. The van der Waals surface area contributed by atoms with Crippen LogP contribution in [0.3, 0.4) is 0 Å². The number of halogens is 4. The van der Waals surface area contributed by atoms with Crippen molar-refractivity contribution in [3.63, 3.8) is 0 Å². The van der Waals surface area contributed by atoms with Crippen LogP contribution in [-0.4, -0.2) is 17.8 Å². The van der Waals surface area contributed by atoms with Crippen LogP contribution < -0.4 is 10.5 Å². The lowest BCUT2D eigenvalue weighted by atomic mass is 10.2. The second kappa shape index (κ2) is 6.24. The van der Waals surface area contributed by atoms with Gasteiger partial charge in [-0.25, -0.2) is 0 Å². The zero-order valence-corrected chi connectivity index (χ0v) is 10.8. The standard InChI is InChI=1S/C11H11ClF3NOS/c12-8-6-7(10(16)18)2-3-9(8)17-5-1-4-11(13,14)15/h2-3,6H,1,4-5H2,(H2,16,18). The molecule has 1 aromatic carbocycles. The van der Waals surface area contributed by atoms with E-state index < -0.39 is 12.6 Å². The van der Waals surface area contributed by atoms with E-state index in [1.54, 1.807) is 6.07 Å². The van der Waals surface area contributed by atoms with E-state index in [-0.39, 0.29) is 23.0 Å². The molecule has 100 valence electrons. The van der Waals surface area contributed by atoms with Gasteiger partial charge in [-0.1, -0.05) is 23.8 Å². The number of alkyl halides is 3. The van der Waals surface area contributed by atoms with Crippen LogP contribution in [0.15, 0.2) is 18.2 Å². The summed E-state index contributed by atoms with van der Waals surface area (Å²) >= 11 is 10.6. The fourth-order valence-electron chi connectivity index (χ4n) is 1.23. The second-order valence-electron chi connectivity index (χ2n) is 3.58. The average molecular weight is 298 g/mol. The molecule has 1 rings (SSSR count). The molecule has 0 bridgehead atoms. The van der Waals surface area contributed by atoms with Gasteiger partial charge < -0.3 is 10.5 Å². The van der Waals surface area contributed by atoms with Crippen molar-refractivity contribution >= 4 is 28.8 Å². The molecule has 2 nitrogen and oxygen atoms in total. The third-order valence-electron chi connectivity index (χ3n) is 2.08. The van der Waals surface area contributed by atoms with E-state index in [4.69, 9.17) is 34.3 Å². The van der Waals surface area contributed by atoms with Crippen molar-refractivity contribution in [3.05, 3.63) is 28.8 Å². The highest BCUT2D eigenvalue weighted by Gasteiger charge is 2.26. The molecule has 0 heterocycles. The van der Waals surface area contributed by atoms with Gasteiger partial charge in [0.2, 0.25) is 0 Å². The number of benzene rings is 1. The Labute approximate surface area is 113 Å². The molecule has 1 aromatic rings. The van der Waals surface area contributed by atoms with Gasteiger partial charge in [0.15, 0.2) is 0 Å². The molecule has 0 aliphatic carbocycles. The highest BCUT2D eigenvalue weighted by Crippen LogP contribution is 2.26. The Morgan fingerprint density at radius 2 is 2.06 bits per heavy atom. The molecule has 0 radical (unpaired) electrons. The van der Waals surface area contributed by atoms with E-state index in [0.717, 1.165) is 0 Å². The van der Waals surface area contributed by atoms with Crippen LogP contribution in [0.5, 0.6) is 5.75 Å². The molecule has 18 heavy (non-hydrogen) atoms. The maximum absolute atomic E-state index is 11.9. The zero-order chi connectivity index (χ0) is 13.8. The van der Waals surface area contributed by atoms with E-state index in [1.165, 1.54) is 12.1 Å². The molecule has 2 N–H and O–H groups in total. The van der Waals surface area contributed by atoms with Crippen LogP contribution in [0.25, 0.3) is 0 Å². The van der Waals surface area contributed by atoms with Crippen molar-refractivity contribution in [1.29, 1.82) is 0 Å². The Hall–Kier alpha value is -1.01. The monoisotopic (exact) mass is 297 g/mol. The number of ether oxygens (including phenoxy) is 1. The summed E-state index contributed by atoms with van der Waals surface area (Å²) in [6.07, 6.45) is -5.16. The van der Waals surface area contributed by atoms with Crippen molar-refractivity contribution in [1.82, 2.24) is 0 Å². The molecular weight excluding hydrogens is 287 g/mol. The van der Waals surface area contributed by atoms with E-state index in [1.807, 2.05) is 0 Å². The Balaban J connectivity index is 2.51. The molecule has 0 unspecified atom stereocenters. The van der Waals surface area contributed by atoms with E-state index in [9.17, 15) is 13.2 Å².